The molecule has 7 nitrogen and oxygen atoms in total. The molecular weight excluding hydrogens is 356 g/mol. The van der Waals surface area contributed by atoms with Crippen LogP contribution in [0.2, 0.25) is 0 Å². The van der Waals surface area contributed by atoms with E-state index in [0.29, 0.717) is 22.5 Å². The van der Waals surface area contributed by atoms with E-state index in [9.17, 15) is 9.59 Å². The van der Waals surface area contributed by atoms with Gasteiger partial charge in [0.1, 0.15) is 0 Å². The van der Waals surface area contributed by atoms with Crippen LogP contribution in [-0.4, -0.2) is 33.2 Å². The summed E-state index contributed by atoms with van der Waals surface area (Å²) in [7, 11) is 0. The zero-order chi connectivity index (χ0) is 20.1. The highest BCUT2D eigenvalue weighted by Gasteiger charge is 2.15. The molecule has 0 radical (unpaired) electrons. The van der Waals surface area contributed by atoms with Crippen molar-refractivity contribution in [2.45, 2.75) is 27.3 Å². The molecule has 28 heavy (non-hydrogen) atoms. The van der Waals surface area contributed by atoms with Crippen LogP contribution in [0.3, 0.4) is 0 Å². The number of esters is 1. The number of hydrogen-bond donors (Lipinski definition) is 1. The number of rotatable bonds is 6. The number of carbonyl (C=O) groups is 2. The van der Waals surface area contributed by atoms with Gasteiger partial charge in [-0.2, -0.15) is 5.10 Å². The van der Waals surface area contributed by atoms with Crippen LogP contribution in [0.25, 0.3) is 22.2 Å². The maximum atomic E-state index is 12.9. The van der Waals surface area contributed by atoms with E-state index in [2.05, 4.69) is 15.4 Å². The monoisotopic (exact) mass is 378 g/mol. The van der Waals surface area contributed by atoms with E-state index in [1.165, 1.54) is 6.08 Å². The fraction of sp³-hybridized carbons (Fsp3) is 0.238. The quantitative estimate of drug-likeness (QED) is 0.525. The van der Waals surface area contributed by atoms with E-state index >= 15 is 0 Å². The van der Waals surface area contributed by atoms with Gasteiger partial charge in [0.25, 0.3) is 5.91 Å². The Kier molecular flexibility index (Phi) is 5.84. The minimum Gasteiger partial charge on any atom is -0.463 e. The van der Waals surface area contributed by atoms with Crippen LogP contribution >= 0.6 is 0 Å². The summed E-state index contributed by atoms with van der Waals surface area (Å²) in [5.41, 5.74) is 3.09. The summed E-state index contributed by atoms with van der Waals surface area (Å²) in [5.74, 6) is -0.812. The van der Waals surface area contributed by atoms with Gasteiger partial charge in [-0.3, -0.25) is 9.48 Å². The zero-order valence-electron chi connectivity index (χ0n) is 16.1. The van der Waals surface area contributed by atoms with Crippen molar-refractivity contribution in [3.8, 4) is 11.3 Å². The van der Waals surface area contributed by atoms with Gasteiger partial charge in [0.15, 0.2) is 0 Å². The molecule has 0 fully saturated rings. The molecule has 0 spiro atoms. The first-order chi connectivity index (χ1) is 13.5. The van der Waals surface area contributed by atoms with Gasteiger partial charge < -0.3 is 10.1 Å². The third-order valence-corrected chi connectivity index (χ3v) is 4.15. The molecule has 1 aromatic carbocycles. The molecule has 0 unspecified atom stereocenters. The summed E-state index contributed by atoms with van der Waals surface area (Å²) in [4.78, 5) is 29.2. The first kappa shape index (κ1) is 19.3. The highest BCUT2D eigenvalue weighted by Crippen LogP contribution is 2.24. The lowest BCUT2D eigenvalue weighted by Gasteiger charge is -2.10. The van der Waals surface area contributed by atoms with Crippen LogP contribution in [0.4, 0.5) is 0 Å². The number of aromatic nitrogens is 3. The van der Waals surface area contributed by atoms with Gasteiger partial charge in [0.05, 0.1) is 29.6 Å². The van der Waals surface area contributed by atoms with E-state index in [4.69, 9.17) is 4.74 Å². The lowest BCUT2D eigenvalue weighted by Crippen LogP contribution is -2.23. The second-order valence-electron chi connectivity index (χ2n) is 6.19. The third-order valence-electron chi connectivity index (χ3n) is 4.15. The Morgan fingerprint density at radius 2 is 2.04 bits per heavy atom. The van der Waals surface area contributed by atoms with Gasteiger partial charge >= 0.3 is 5.97 Å². The van der Waals surface area contributed by atoms with Gasteiger partial charge in [-0.1, -0.05) is 18.2 Å². The molecule has 7 heteroatoms. The molecule has 0 bridgehead atoms. The van der Waals surface area contributed by atoms with Crippen molar-refractivity contribution in [3.05, 3.63) is 60.1 Å². The molecule has 0 aliphatic carbocycles. The second-order valence-corrected chi connectivity index (χ2v) is 6.19. The average Bonchev–Trinajstić information content (AvgIpc) is 3.16. The topological polar surface area (TPSA) is 86.1 Å². The predicted molar refractivity (Wildman–Crippen MR) is 106 cm³/mol. The number of hydrogen-bond acceptors (Lipinski definition) is 5. The van der Waals surface area contributed by atoms with Gasteiger partial charge in [-0.25, -0.2) is 9.78 Å². The fourth-order valence-electron chi connectivity index (χ4n) is 2.82. The number of allylic oxidation sites excluding steroid dienone is 1. The summed E-state index contributed by atoms with van der Waals surface area (Å²) in [5, 5.41) is 7.76. The van der Waals surface area contributed by atoms with Crippen molar-refractivity contribution < 1.29 is 14.3 Å². The Morgan fingerprint density at radius 3 is 2.75 bits per heavy atom. The van der Waals surface area contributed by atoms with Gasteiger partial charge in [0.2, 0.25) is 0 Å². The van der Waals surface area contributed by atoms with Crippen LogP contribution in [0.15, 0.2) is 54.5 Å². The van der Waals surface area contributed by atoms with Gasteiger partial charge in [-0.05, 0) is 32.9 Å². The Hall–Kier alpha value is -3.48. The Morgan fingerprint density at radius 1 is 1.25 bits per heavy atom. The van der Waals surface area contributed by atoms with Crippen molar-refractivity contribution >= 4 is 22.8 Å². The Bertz CT molecular complexity index is 1050. The molecule has 0 aliphatic heterocycles. The number of fused-ring (bicyclic) bond motifs is 1. The highest BCUT2D eigenvalue weighted by molar-refractivity contribution is 6.08. The summed E-state index contributed by atoms with van der Waals surface area (Å²) < 4.78 is 6.68. The van der Waals surface area contributed by atoms with Crippen molar-refractivity contribution in [2.24, 2.45) is 0 Å². The van der Waals surface area contributed by atoms with Gasteiger partial charge in [0, 0.05) is 35.5 Å². The predicted octanol–water partition coefficient (Wildman–Crippen LogP) is 3.31. The van der Waals surface area contributed by atoms with Crippen LogP contribution in [0, 0.1) is 0 Å². The lowest BCUT2D eigenvalue weighted by atomic mass is 10.0. The normalized spacial score (nSPS) is 11.5. The first-order valence-electron chi connectivity index (χ1n) is 9.10. The van der Waals surface area contributed by atoms with Crippen molar-refractivity contribution in [3.63, 3.8) is 0 Å². The van der Waals surface area contributed by atoms with Crippen LogP contribution in [0.5, 0.6) is 0 Å². The maximum Gasteiger partial charge on any atom is 0.332 e. The van der Waals surface area contributed by atoms with Gasteiger partial charge in [-0.15, -0.1) is 0 Å². The molecule has 3 rings (SSSR count). The minimum absolute atomic E-state index is 0.278. The lowest BCUT2D eigenvalue weighted by molar-refractivity contribution is -0.137. The first-order valence-corrected chi connectivity index (χ1v) is 9.10. The summed E-state index contributed by atoms with van der Waals surface area (Å²) in [6.45, 7) is 6.40. The van der Waals surface area contributed by atoms with Crippen LogP contribution in [-0.2, 0) is 16.1 Å². The number of para-hydroxylation sites is 1. The number of nitrogens with one attached hydrogen (secondary N) is 1. The average molecular weight is 378 g/mol. The molecule has 1 N–H and O–H groups in total. The zero-order valence-corrected chi connectivity index (χ0v) is 16.1. The molecule has 1 amide bonds. The summed E-state index contributed by atoms with van der Waals surface area (Å²) in [6, 6.07) is 9.19. The molecule has 0 aliphatic rings. The largest absolute Gasteiger partial charge is 0.463 e. The number of pyridine rings is 1. The second kappa shape index (κ2) is 8.47. The number of amides is 1. The molecule has 0 saturated heterocycles. The summed E-state index contributed by atoms with van der Waals surface area (Å²) >= 11 is 0. The molecule has 2 heterocycles. The standard InChI is InChI=1S/C21H22N4O3/c1-4-25-13-15(12-22-25)19-11-17(16-8-6-7-9-18(16)24-19)21(27)23-14(3)10-20(26)28-5-2/h6-13H,4-5H2,1-3H3,(H,23,27)/b14-10+. The molecule has 2 aromatic heterocycles. The van der Waals surface area contributed by atoms with Crippen LogP contribution in [0.1, 0.15) is 31.1 Å². The number of nitrogens with zero attached hydrogens (tertiary/aromatic N) is 3. The van der Waals surface area contributed by atoms with E-state index in [1.807, 2.05) is 37.4 Å². The molecular formula is C21H22N4O3. The Labute approximate surface area is 163 Å². The Balaban J connectivity index is 1.99. The summed E-state index contributed by atoms with van der Waals surface area (Å²) in [6.07, 6.45) is 4.88. The van der Waals surface area contributed by atoms with Crippen molar-refractivity contribution in [1.82, 2.24) is 20.1 Å². The minimum atomic E-state index is -0.493. The fourth-order valence-corrected chi connectivity index (χ4v) is 2.82. The molecule has 0 atom stereocenters. The van der Waals surface area contributed by atoms with E-state index in [0.717, 1.165) is 17.5 Å². The maximum absolute atomic E-state index is 12.9. The van der Waals surface area contributed by atoms with E-state index < -0.39 is 5.97 Å². The van der Waals surface area contributed by atoms with E-state index in [-0.39, 0.29) is 12.5 Å². The molecule has 3 aromatic rings. The van der Waals surface area contributed by atoms with Crippen LogP contribution < -0.4 is 5.32 Å². The number of carbonyl (C=O) groups excluding carboxylic acids is 2. The van der Waals surface area contributed by atoms with Crippen molar-refractivity contribution in [2.75, 3.05) is 6.61 Å². The number of ether oxygens (including phenoxy) is 1. The van der Waals surface area contributed by atoms with Crippen molar-refractivity contribution in [1.29, 1.82) is 0 Å². The number of benzene rings is 1. The number of aryl methyl sites for hydroxylation is 1. The molecule has 0 saturated carbocycles. The molecule has 144 valence electrons. The SMILES string of the molecule is CCOC(=O)/C=C(\C)NC(=O)c1cc(-c2cnn(CC)c2)nc2ccccc12. The third kappa shape index (κ3) is 4.25. The van der Waals surface area contributed by atoms with E-state index in [1.54, 1.807) is 30.8 Å². The highest BCUT2D eigenvalue weighted by atomic mass is 16.5. The smallest absolute Gasteiger partial charge is 0.332 e.